The highest BCUT2D eigenvalue weighted by Gasteiger charge is 2.35. The Morgan fingerprint density at radius 2 is 1.93 bits per heavy atom. The molecule has 154 valence electrons. The monoisotopic (exact) mass is 424 g/mol. The summed E-state index contributed by atoms with van der Waals surface area (Å²) in [6.45, 7) is 3.54. The second-order valence-corrected chi connectivity index (χ2v) is 7.91. The van der Waals surface area contributed by atoms with E-state index in [1.54, 1.807) is 24.3 Å². The molecule has 1 aromatic heterocycles. The van der Waals surface area contributed by atoms with E-state index in [9.17, 15) is 9.18 Å². The van der Waals surface area contributed by atoms with Crippen LogP contribution in [0.2, 0.25) is 0 Å². The Morgan fingerprint density at radius 3 is 2.70 bits per heavy atom. The Morgan fingerprint density at radius 1 is 1.17 bits per heavy atom. The van der Waals surface area contributed by atoms with E-state index in [1.807, 2.05) is 18.2 Å². The summed E-state index contributed by atoms with van der Waals surface area (Å²) >= 11 is 1.49. The van der Waals surface area contributed by atoms with E-state index in [2.05, 4.69) is 22.1 Å². The summed E-state index contributed by atoms with van der Waals surface area (Å²) in [5, 5.41) is 9.08. The van der Waals surface area contributed by atoms with Crippen LogP contribution in [0.3, 0.4) is 0 Å². The standard InChI is InChI=1S/C22H21FN4O2S/c1-3-4-13-30-22-24-20-19(25-26-22)16-10-6-8-12-18(16)27(14(2)28)21(29-20)15-9-5-7-11-17(15)23/h5-12,21H,3-4,13H2,1-2H3. The summed E-state index contributed by atoms with van der Waals surface area (Å²) in [4.78, 5) is 18.6. The maximum absolute atomic E-state index is 14.7. The molecule has 2 aromatic carbocycles. The summed E-state index contributed by atoms with van der Waals surface area (Å²) in [6.07, 6.45) is 1.08. The Balaban J connectivity index is 1.87. The molecule has 0 bridgehead atoms. The predicted molar refractivity (Wildman–Crippen MR) is 114 cm³/mol. The molecule has 0 saturated carbocycles. The number of anilines is 1. The van der Waals surface area contributed by atoms with Gasteiger partial charge < -0.3 is 4.74 Å². The fourth-order valence-corrected chi connectivity index (χ4v) is 4.16. The maximum atomic E-state index is 14.7. The smallest absolute Gasteiger partial charge is 0.247 e. The average Bonchev–Trinajstić information content (AvgIpc) is 2.88. The number of carbonyl (C=O) groups is 1. The first kappa shape index (κ1) is 20.3. The molecule has 0 N–H and O–H groups in total. The lowest BCUT2D eigenvalue weighted by Crippen LogP contribution is -2.36. The normalized spacial score (nSPS) is 15.0. The second kappa shape index (κ2) is 8.79. The molecular weight excluding hydrogens is 403 g/mol. The van der Waals surface area contributed by atoms with Crippen molar-refractivity contribution in [2.24, 2.45) is 0 Å². The van der Waals surface area contributed by atoms with Gasteiger partial charge in [0.2, 0.25) is 23.2 Å². The van der Waals surface area contributed by atoms with Gasteiger partial charge in [0, 0.05) is 23.8 Å². The molecule has 1 unspecified atom stereocenters. The van der Waals surface area contributed by atoms with Crippen LogP contribution in [0.25, 0.3) is 11.3 Å². The van der Waals surface area contributed by atoms with Gasteiger partial charge in [0.25, 0.3) is 0 Å². The molecule has 0 aliphatic carbocycles. The number of rotatable bonds is 5. The summed E-state index contributed by atoms with van der Waals surface area (Å²) in [7, 11) is 0. The van der Waals surface area contributed by atoms with Gasteiger partial charge in [0.05, 0.1) is 5.69 Å². The molecular formula is C22H21FN4O2S. The van der Waals surface area contributed by atoms with Crippen LogP contribution in [0.5, 0.6) is 5.88 Å². The molecule has 0 spiro atoms. The number of nitrogens with zero attached hydrogens (tertiary/aromatic N) is 4. The highest BCUT2D eigenvalue weighted by molar-refractivity contribution is 7.99. The Bertz CT molecular complexity index is 1080. The second-order valence-electron chi connectivity index (χ2n) is 6.85. The van der Waals surface area contributed by atoms with Crippen LogP contribution in [-0.4, -0.2) is 26.8 Å². The van der Waals surface area contributed by atoms with Gasteiger partial charge in [0.15, 0.2) is 5.69 Å². The van der Waals surface area contributed by atoms with Crippen LogP contribution < -0.4 is 9.64 Å². The number of benzene rings is 2. The van der Waals surface area contributed by atoms with Crippen LogP contribution in [0.15, 0.2) is 53.7 Å². The van der Waals surface area contributed by atoms with Gasteiger partial charge >= 0.3 is 0 Å². The quantitative estimate of drug-likeness (QED) is 0.423. The lowest BCUT2D eigenvalue weighted by Gasteiger charge is -2.30. The van der Waals surface area contributed by atoms with E-state index in [1.165, 1.54) is 29.7 Å². The number of hydrogen-bond acceptors (Lipinski definition) is 6. The lowest BCUT2D eigenvalue weighted by atomic mass is 10.1. The first-order valence-electron chi connectivity index (χ1n) is 9.78. The molecule has 1 amide bonds. The third-order valence-corrected chi connectivity index (χ3v) is 5.68. The van der Waals surface area contributed by atoms with Crippen molar-refractivity contribution in [3.63, 3.8) is 0 Å². The summed E-state index contributed by atoms with van der Waals surface area (Å²) < 4.78 is 20.9. The van der Waals surface area contributed by atoms with Crippen LogP contribution in [0.4, 0.5) is 10.1 Å². The zero-order valence-corrected chi connectivity index (χ0v) is 17.5. The van der Waals surface area contributed by atoms with Crippen molar-refractivity contribution in [2.75, 3.05) is 10.7 Å². The van der Waals surface area contributed by atoms with E-state index in [-0.39, 0.29) is 17.4 Å². The number of ether oxygens (including phenoxy) is 1. The van der Waals surface area contributed by atoms with Crippen molar-refractivity contribution >= 4 is 23.4 Å². The predicted octanol–water partition coefficient (Wildman–Crippen LogP) is 5.01. The zero-order chi connectivity index (χ0) is 21.1. The Hall–Kier alpha value is -3.00. The van der Waals surface area contributed by atoms with Gasteiger partial charge in [-0.15, -0.1) is 10.2 Å². The first-order valence-corrected chi connectivity index (χ1v) is 10.8. The van der Waals surface area contributed by atoms with Crippen LogP contribution >= 0.6 is 11.8 Å². The molecule has 0 saturated heterocycles. The minimum Gasteiger partial charge on any atom is -0.447 e. The highest BCUT2D eigenvalue weighted by Crippen LogP contribution is 2.43. The summed E-state index contributed by atoms with van der Waals surface area (Å²) in [5.74, 6) is 0.348. The van der Waals surface area contributed by atoms with Crippen molar-refractivity contribution in [2.45, 2.75) is 38.1 Å². The number of unbranched alkanes of at least 4 members (excludes halogenated alkanes) is 1. The SMILES string of the molecule is CCCCSc1nnc2c(n1)OC(c1ccccc1F)N(C(C)=O)c1ccccc1-2. The fourth-order valence-electron chi connectivity index (χ4n) is 3.30. The fraction of sp³-hybridized carbons (Fsp3) is 0.273. The molecule has 6 nitrogen and oxygen atoms in total. The van der Waals surface area contributed by atoms with Crippen LogP contribution in [0.1, 0.15) is 38.5 Å². The molecule has 0 radical (unpaired) electrons. The molecule has 2 heterocycles. The van der Waals surface area contributed by atoms with E-state index < -0.39 is 12.0 Å². The van der Waals surface area contributed by atoms with Crippen molar-refractivity contribution in [3.05, 3.63) is 59.9 Å². The Labute approximate surface area is 178 Å². The number of amides is 1. The minimum absolute atomic E-state index is 0.230. The van der Waals surface area contributed by atoms with Crippen molar-refractivity contribution in [3.8, 4) is 17.1 Å². The molecule has 0 fully saturated rings. The first-order chi connectivity index (χ1) is 14.6. The molecule has 1 aliphatic heterocycles. The zero-order valence-electron chi connectivity index (χ0n) is 16.7. The van der Waals surface area contributed by atoms with Gasteiger partial charge in [-0.05, 0) is 18.6 Å². The number of halogens is 1. The highest BCUT2D eigenvalue weighted by atomic mass is 32.2. The van der Waals surface area contributed by atoms with Gasteiger partial charge in [-0.3, -0.25) is 9.69 Å². The van der Waals surface area contributed by atoms with Crippen LogP contribution in [-0.2, 0) is 4.79 Å². The molecule has 8 heteroatoms. The summed E-state index contributed by atoms with van der Waals surface area (Å²) in [5.41, 5.74) is 1.90. The van der Waals surface area contributed by atoms with Crippen molar-refractivity contribution in [1.29, 1.82) is 0 Å². The number of hydrogen-bond donors (Lipinski definition) is 0. The third-order valence-electron chi connectivity index (χ3n) is 4.75. The van der Waals surface area contributed by atoms with E-state index in [0.29, 0.717) is 22.1 Å². The van der Waals surface area contributed by atoms with E-state index in [4.69, 9.17) is 4.74 Å². The number of fused-ring (bicyclic) bond motifs is 3. The van der Waals surface area contributed by atoms with E-state index >= 15 is 0 Å². The number of carbonyl (C=O) groups excluding carboxylic acids is 1. The third kappa shape index (κ3) is 3.87. The van der Waals surface area contributed by atoms with E-state index in [0.717, 1.165) is 18.6 Å². The number of para-hydroxylation sites is 1. The maximum Gasteiger partial charge on any atom is 0.247 e. The van der Waals surface area contributed by atoms with Gasteiger partial charge in [-0.2, -0.15) is 4.98 Å². The van der Waals surface area contributed by atoms with Gasteiger partial charge in [-0.25, -0.2) is 4.39 Å². The topological polar surface area (TPSA) is 68.2 Å². The summed E-state index contributed by atoms with van der Waals surface area (Å²) in [6, 6.07) is 13.5. The number of aromatic nitrogens is 3. The molecule has 30 heavy (non-hydrogen) atoms. The molecule has 4 rings (SSSR count). The lowest BCUT2D eigenvalue weighted by molar-refractivity contribution is -0.118. The Kier molecular flexibility index (Phi) is 5.94. The van der Waals surface area contributed by atoms with Gasteiger partial charge in [-0.1, -0.05) is 61.5 Å². The minimum atomic E-state index is -1.02. The van der Waals surface area contributed by atoms with Crippen LogP contribution in [0, 0.1) is 5.82 Å². The molecule has 1 atom stereocenters. The largest absolute Gasteiger partial charge is 0.447 e. The molecule has 1 aliphatic rings. The van der Waals surface area contributed by atoms with Gasteiger partial charge in [0.1, 0.15) is 5.82 Å². The van der Waals surface area contributed by atoms with Crippen molar-refractivity contribution in [1.82, 2.24) is 15.2 Å². The van der Waals surface area contributed by atoms with Crippen molar-refractivity contribution < 1.29 is 13.9 Å². The molecule has 3 aromatic rings. The average molecular weight is 425 g/mol. The number of thioether (sulfide) groups is 1.